The summed E-state index contributed by atoms with van der Waals surface area (Å²) in [6.07, 6.45) is -0.500. The van der Waals surface area contributed by atoms with Gasteiger partial charge in [-0.15, -0.1) is 0 Å². The van der Waals surface area contributed by atoms with Gasteiger partial charge in [0.05, 0.1) is 13.2 Å². The lowest BCUT2D eigenvalue weighted by atomic mass is 10.3. The predicted molar refractivity (Wildman–Crippen MR) is 32.2 cm³/mol. The van der Waals surface area contributed by atoms with E-state index in [1.165, 1.54) is 0 Å². The van der Waals surface area contributed by atoms with E-state index in [0.717, 1.165) is 0 Å². The average Bonchev–Trinajstić information content (AvgIpc) is 2.18. The zero-order chi connectivity index (χ0) is 6.69. The maximum Gasteiger partial charge on any atom is 0.109 e. The van der Waals surface area contributed by atoms with Crippen molar-refractivity contribution in [3.63, 3.8) is 0 Å². The van der Waals surface area contributed by atoms with E-state index in [0.29, 0.717) is 19.8 Å². The normalized spacial score (nSPS) is 35.3. The Morgan fingerprint density at radius 3 is 2.89 bits per heavy atom. The first-order chi connectivity index (χ1) is 4.34. The minimum absolute atomic E-state index is 0.0880. The molecule has 0 aromatic rings. The largest absolute Gasteiger partial charge is 0.388 e. The van der Waals surface area contributed by atoms with Gasteiger partial charge < -0.3 is 14.6 Å². The molecule has 0 radical (unpaired) electrons. The molecule has 54 valence electrons. The van der Waals surface area contributed by atoms with Gasteiger partial charge in [-0.25, -0.2) is 0 Å². The second-order valence-electron chi connectivity index (χ2n) is 2.10. The lowest BCUT2D eigenvalue weighted by Gasteiger charge is -2.10. The number of rotatable bonds is 2. The Hall–Kier alpha value is -0.120. The predicted octanol–water partition coefficient (Wildman–Crippen LogP) is -0.217. The molecule has 0 aromatic heterocycles. The van der Waals surface area contributed by atoms with Crippen LogP contribution in [0.15, 0.2) is 0 Å². The zero-order valence-electron chi connectivity index (χ0n) is 5.54. The number of aliphatic hydroxyl groups is 1. The summed E-state index contributed by atoms with van der Waals surface area (Å²) in [6, 6.07) is 0. The summed E-state index contributed by atoms with van der Waals surface area (Å²) >= 11 is 0. The zero-order valence-corrected chi connectivity index (χ0v) is 5.54. The topological polar surface area (TPSA) is 38.7 Å². The summed E-state index contributed by atoms with van der Waals surface area (Å²) in [5.74, 6) is 0. The Labute approximate surface area is 54.6 Å². The van der Waals surface area contributed by atoms with Crippen LogP contribution in [-0.2, 0) is 9.47 Å². The second kappa shape index (κ2) is 3.15. The van der Waals surface area contributed by atoms with Crippen LogP contribution in [0.2, 0.25) is 0 Å². The van der Waals surface area contributed by atoms with Gasteiger partial charge in [-0.3, -0.25) is 0 Å². The van der Waals surface area contributed by atoms with Gasteiger partial charge in [-0.1, -0.05) is 0 Å². The highest BCUT2D eigenvalue weighted by Gasteiger charge is 2.25. The molecule has 0 aromatic carbocycles. The van der Waals surface area contributed by atoms with Crippen molar-refractivity contribution in [3.05, 3.63) is 0 Å². The molecule has 0 bridgehead atoms. The number of hydrogen-bond acceptors (Lipinski definition) is 3. The number of hydrogen-bond donors (Lipinski definition) is 1. The molecule has 1 saturated heterocycles. The summed E-state index contributed by atoms with van der Waals surface area (Å²) in [4.78, 5) is 0. The first-order valence-corrected chi connectivity index (χ1v) is 3.22. The van der Waals surface area contributed by atoms with Crippen molar-refractivity contribution in [2.24, 2.45) is 0 Å². The van der Waals surface area contributed by atoms with Crippen molar-refractivity contribution in [2.75, 3.05) is 19.8 Å². The van der Waals surface area contributed by atoms with Crippen molar-refractivity contribution in [1.82, 2.24) is 0 Å². The van der Waals surface area contributed by atoms with Crippen LogP contribution in [0.25, 0.3) is 0 Å². The Balaban J connectivity index is 2.22. The fraction of sp³-hybridized carbons (Fsp3) is 1.00. The lowest BCUT2D eigenvalue weighted by Crippen LogP contribution is -2.26. The molecule has 0 spiro atoms. The van der Waals surface area contributed by atoms with Crippen LogP contribution in [0.1, 0.15) is 6.92 Å². The Kier molecular flexibility index (Phi) is 2.45. The van der Waals surface area contributed by atoms with E-state index in [2.05, 4.69) is 0 Å². The third-order valence-corrected chi connectivity index (χ3v) is 1.38. The molecule has 9 heavy (non-hydrogen) atoms. The van der Waals surface area contributed by atoms with E-state index in [4.69, 9.17) is 14.6 Å². The smallest absolute Gasteiger partial charge is 0.109 e. The van der Waals surface area contributed by atoms with Crippen molar-refractivity contribution in [3.8, 4) is 0 Å². The van der Waals surface area contributed by atoms with E-state index < -0.39 is 6.10 Å². The van der Waals surface area contributed by atoms with Crippen LogP contribution in [0, 0.1) is 0 Å². The van der Waals surface area contributed by atoms with E-state index in [1.807, 2.05) is 6.92 Å². The Bertz CT molecular complexity index is 84.4. The molecule has 0 unspecified atom stereocenters. The van der Waals surface area contributed by atoms with Gasteiger partial charge in [0.2, 0.25) is 0 Å². The molecular formula is C6H12O3. The van der Waals surface area contributed by atoms with E-state index in [9.17, 15) is 0 Å². The van der Waals surface area contributed by atoms with E-state index >= 15 is 0 Å². The molecule has 1 aliphatic heterocycles. The van der Waals surface area contributed by atoms with Gasteiger partial charge in [0.1, 0.15) is 12.2 Å². The second-order valence-corrected chi connectivity index (χ2v) is 2.10. The van der Waals surface area contributed by atoms with Crippen molar-refractivity contribution < 1.29 is 14.6 Å². The third kappa shape index (κ3) is 1.64. The first kappa shape index (κ1) is 6.99. The highest BCUT2D eigenvalue weighted by Crippen LogP contribution is 2.08. The van der Waals surface area contributed by atoms with Crippen molar-refractivity contribution >= 4 is 0 Å². The minimum atomic E-state index is -0.412. The lowest BCUT2D eigenvalue weighted by molar-refractivity contribution is -0.00344. The molecule has 3 nitrogen and oxygen atoms in total. The van der Waals surface area contributed by atoms with Crippen LogP contribution >= 0.6 is 0 Å². The molecule has 0 saturated carbocycles. The maximum absolute atomic E-state index is 9.07. The summed E-state index contributed by atoms with van der Waals surface area (Å²) in [5.41, 5.74) is 0. The van der Waals surface area contributed by atoms with Crippen molar-refractivity contribution in [2.45, 2.75) is 19.1 Å². The molecule has 1 rings (SSSR count). The molecule has 2 atom stereocenters. The monoisotopic (exact) mass is 132 g/mol. The molecule has 1 heterocycles. The summed E-state index contributed by atoms with van der Waals surface area (Å²) in [6.45, 7) is 3.51. The van der Waals surface area contributed by atoms with Gasteiger partial charge in [0.15, 0.2) is 0 Å². The van der Waals surface area contributed by atoms with E-state index in [1.54, 1.807) is 0 Å². The third-order valence-electron chi connectivity index (χ3n) is 1.38. The van der Waals surface area contributed by atoms with Crippen LogP contribution in [-0.4, -0.2) is 37.1 Å². The quantitative estimate of drug-likeness (QED) is 0.564. The maximum atomic E-state index is 9.07. The summed E-state index contributed by atoms with van der Waals surface area (Å²) in [7, 11) is 0. The summed E-state index contributed by atoms with van der Waals surface area (Å²) in [5, 5.41) is 9.07. The Morgan fingerprint density at radius 1 is 1.67 bits per heavy atom. The average molecular weight is 132 g/mol. The summed E-state index contributed by atoms with van der Waals surface area (Å²) < 4.78 is 10.1. The standard InChI is InChI=1S/C6H12O3/c1-2-9-6-4-8-3-5(6)7/h5-7H,2-4H2,1H3/t5-,6+/m0/s1. The highest BCUT2D eigenvalue weighted by atomic mass is 16.6. The van der Waals surface area contributed by atoms with Gasteiger partial charge in [0, 0.05) is 6.61 Å². The fourth-order valence-electron chi connectivity index (χ4n) is 0.897. The van der Waals surface area contributed by atoms with Gasteiger partial charge in [-0.2, -0.15) is 0 Å². The number of aliphatic hydroxyl groups excluding tert-OH is 1. The van der Waals surface area contributed by atoms with Crippen LogP contribution in [0.3, 0.4) is 0 Å². The minimum Gasteiger partial charge on any atom is -0.388 e. The molecule has 1 N–H and O–H groups in total. The Morgan fingerprint density at radius 2 is 2.44 bits per heavy atom. The highest BCUT2D eigenvalue weighted by molar-refractivity contribution is 4.73. The first-order valence-electron chi connectivity index (χ1n) is 3.22. The van der Waals surface area contributed by atoms with Crippen LogP contribution in [0.5, 0.6) is 0 Å². The molecule has 0 aliphatic carbocycles. The molecule has 1 fully saturated rings. The SMILES string of the molecule is CCO[C@@H]1COC[C@@H]1O. The number of ether oxygens (including phenoxy) is 2. The van der Waals surface area contributed by atoms with Crippen molar-refractivity contribution in [1.29, 1.82) is 0 Å². The molecule has 0 amide bonds. The molecule has 1 aliphatic rings. The van der Waals surface area contributed by atoms with Crippen LogP contribution < -0.4 is 0 Å². The molecular weight excluding hydrogens is 120 g/mol. The van der Waals surface area contributed by atoms with Gasteiger partial charge >= 0.3 is 0 Å². The van der Waals surface area contributed by atoms with Gasteiger partial charge in [0.25, 0.3) is 0 Å². The fourth-order valence-corrected chi connectivity index (χ4v) is 0.897. The van der Waals surface area contributed by atoms with Gasteiger partial charge in [-0.05, 0) is 6.92 Å². The van der Waals surface area contributed by atoms with E-state index in [-0.39, 0.29) is 6.10 Å². The van der Waals surface area contributed by atoms with Crippen LogP contribution in [0.4, 0.5) is 0 Å². The molecule has 3 heteroatoms.